The summed E-state index contributed by atoms with van der Waals surface area (Å²) < 4.78 is 14.8. The lowest BCUT2D eigenvalue weighted by molar-refractivity contribution is 0.631. The highest BCUT2D eigenvalue weighted by Gasteiger charge is 2.13. The van der Waals surface area contributed by atoms with Crippen LogP contribution in [-0.2, 0) is 0 Å². The van der Waals surface area contributed by atoms with E-state index in [1.165, 1.54) is 18.5 Å². The average molecular weight is 357 g/mol. The number of hydrogen-bond donors (Lipinski definition) is 1. The predicted octanol–water partition coefficient (Wildman–Crippen LogP) is 4.30. The van der Waals surface area contributed by atoms with Crippen molar-refractivity contribution in [3.05, 3.63) is 78.8 Å². The molecule has 4 aromatic rings. The summed E-state index contributed by atoms with van der Waals surface area (Å²) in [5.74, 6) is -0.198. The van der Waals surface area contributed by atoms with E-state index in [1.807, 2.05) is 31.2 Å². The van der Waals surface area contributed by atoms with Gasteiger partial charge in [0.15, 0.2) is 0 Å². The van der Waals surface area contributed by atoms with Gasteiger partial charge in [-0.1, -0.05) is 35.9 Å². The van der Waals surface area contributed by atoms with Gasteiger partial charge in [0, 0.05) is 41.5 Å². The molecule has 0 spiro atoms. The minimum Gasteiger partial charge on any atom is -0.368 e. The zero-order valence-corrected chi connectivity index (χ0v) is 14.6. The number of benzene rings is 2. The van der Waals surface area contributed by atoms with Crippen LogP contribution in [0.15, 0.2) is 67.4 Å². The normalized spacial score (nSPS) is 10.7. The Morgan fingerprint density at radius 1 is 0.778 bits per heavy atom. The average Bonchev–Trinajstić information content (AvgIpc) is 2.69. The quantitative estimate of drug-likeness (QED) is 0.591. The van der Waals surface area contributed by atoms with Gasteiger partial charge in [0.2, 0.25) is 5.95 Å². The fraction of sp³-hybridized carbons (Fsp3) is 0.0476. The van der Waals surface area contributed by atoms with Gasteiger partial charge in [0.1, 0.15) is 5.82 Å². The zero-order chi connectivity index (χ0) is 18.8. The lowest BCUT2D eigenvalue weighted by Gasteiger charge is -2.12. The van der Waals surface area contributed by atoms with E-state index in [-0.39, 0.29) is 11.8 Å². The summed E-state index contributed by atoms with van der Waals surface area (Å²) in [6.45, 7) is 2.00. The summed E-state index contributed by atoms with van der Waals surface area (Å²) in [5, 5.41) is 0. The smallest absolute Gasteiger partial charge is 0.219 e. The molecule has 0 aliphatic heterocycles. The minimum atomic E-state index is -0.354. The molecule has 5 nitrogen and oxygen atoms in total. The standard InChI is InChI=1S/C21H16FN5/c1-13-2-4-17(20-12-24-6-7-25-20)18(8-13)14-3-5-16(19(22)9-14)15-10-26-21(23)27-11-15/h2-12H,1H3,(H2,23,26,27). The van der Waals surface area contributed by atoms with Crippen LogP contribution in [0.4, 0.5) is 10.3 Å². The van der Waals surface area contributed by atoms with E-state index in [9.17, 15) is 4.39 Å². The van der Waals surface area contributed by atoms with Crippen molar-refractivity contribution in [2.24, 2.45) is 0 Å². The largest absolute Gasteiger partial charge is 0.368 e. The second-order valence-electron chi connectivity index (χ2n) is 6.16. The van der Waals surface area contributed by atoms with Crippen molar-refractivity contribution in [1.29, 1.82) is 0 Å². The summed E-state index contributed by atoms with van der Waals surface area (Å²) in [7, 11) is 0. The fourth-order valence-corrected chi connectivity index (χ4v) is 2.95. The molecule has 0 fully saturated rings. The molecule has 4 rings (SSSR count). The van der Waals surface area contributed by atoms with Crippen LogP contribution in [0, 0.1) is 12.7 Å². The van der Waals surface area contributed by atoms with Crippen LogP contribution in [0.2, 0.25) is 0 Å². The van der Waals surface area contributed by atoms with Crippen LogP contribution in [0.25, 0.3) is 33.5 Å². The first-order valence-electron chi connectivity index (χ1n) is 8.36. The van der Waals surface area contributed by atoms with Crippen molar-refractivity contribution >= 4 is 5.95 Å². The third-order valence-electron chi connectivity index (χ3n) is 4.28. The first-order valence-corrected chi connectivity index (χ1v) is 8.36. The molecule has 0 saturated carbocycles. The number of aryl methyl sites for hydroxylation is 1. The Morgan fingerprint density at radius 3 is 2.26 bits per heavy atom. The number of halogens is 1. The molecule has 0 unspecified atom stereocenters. The molecule has 2 aromatic carbocycles. The molecule has 2 heterocycles. The van der Waals surface area contributed by atoms with Gasteiger partial charge in [0.05, 0.1) is 11.9 Å². The highest BCUT2D eigenvalue weighted by Crippen LogP contribution is 2.34. The Kier molecular flexibility index (Phi) is 4.30. The van der Waals surface area contributed by atoms with Gasteiger partial charge in [-0.3, -0.25) is 9.97 Å². The molecule has 6 heteroatoms. The van der Waals surface area contributed by atoms with Crippen molar-refractivity contribution in [3.8, 4) is 33.5 Å². The fourth-order valence-electron chi connectivity index (χ4n) is 2.95. The molecule has 27 heavy (non-hydrogen) atoms. The van der Waals surface area contributed by atoms with Gasteiger partial charge in [-0.25, -0.2) is 14.4 Å². The highest BCUT2D eigenvalue weighted by molar-refractivity contribution is 5.83. The maximum Gasteiger partial charge on any atom is 0.219 e. The highest BCUT2D eigenvalue weighted by atomic mass is 19.1. The van der Waals surface area contributed by atoms with Crippen LogP contribution < -0.4 is 5.73 Å². The summed E-state index contributed by atoms with van der Waals surface area (Å²) in [4.78, 5) is 16.4. The maximum absolute atomic E-state index is 14.8. The number of anilines is 1. The lowest BCUT2D eigenvalue weighted by Crippen LogP contribution is -1.95. The van der Waals surface area contributed by atoms with E-state index < -0.39 is 0 Å². The third-order valence-corrected chi connectivity index (χ3v) is 4.28. The number of hydrogen-bond acceptors (Lipinski definition) is 5. The van der Waals surface area contributed by atoms with E-state index in [0.29, 0.717) is 11.1 Å². The molecule has 0 saturated heterocycles. The second kappa shape index (κ2) is 6.92. The first-order chi connectivity index (χ1) is 13.1. The van der Waals surface area contributed by atoms with Crippen molar-refractivity contribution < 1.29 is 4.39 Å². The molecule has 0 radical (unpaired) electrons. The van der Waals surface area contributed by atoms with Gasteiger partial charge in [-0.05, 0) is 24.1 Å². The van der Waals surface area contributed by atoms with Gasteiger partial charge < -0.3 is 5.73 Å². The Hall–Kier alpha value is -3.67. The SMILES string of the molecule is Cc1ccc(-c2cnccn2)c(-c2ccc(-c3cnc(N)nc3)c(F)c2)c1. The Balaban J connectivity index is 1.82. The Bertz CT molecular complexity index is 1100. The van der Waals surface area contributed by atoms with Crippen molar-refractivity contribution in [3.63, 3.8) is 0 Å². The molecule has 0 atom stereocenters. The summed E-state index contributed by atoms with van der Waals surface area (Å²) >= 11 is 0. The molecular formula is C21H16FN5. The van der Waals surface area contributed by atoms with Crippen molar-refractivity contribution in [2.45, 2.75) is 6.92 Å². The molecule has 2 aromatic heterocycles. The van der Waals surface area contributed by atoms with E-state index in [2.05, 4.69) is 19.9 Å². The molecule has 0 aliphatic carbocycles. The number of nitrogens with two attached hydrogens (primary N) is 1. The topological polar surface area (TPSA) is 77.6 Å². The van der Waals surface area contributed by atoms with Gasteiger partial charge in [-0.2, -0.15) is 0 Å². The van der Waals surface area contributed by atoms with Crippen molar-refractivity contribution in [1.82, 2.24) is 19.9 Å². The van der Waals surface area contributed by atoms with Gasteiger partial charge in [0.25, 0.3) is 0 Å². The number of nitrogens with zero attached hydrogens (tertiary/aromatic N) is 4. The molecule has 2 N–H and O–H groups in total. The van der Waals surface area contributed by atoms with Crippen LogP contribution in [0.1, 0.15) is 5.56 Å². The van der Waals surface area contributed by atoms with Crippen molar-refractivity contribution in [2.75, 3.05) is 5.73 Å². The molecule has 0 aliphatic rings. The Labute approximate surface area is 155 Å². The maximum atomic E-state index is 14.8. The number of rotatable bonds is 3. The zero-order valence-electron chi connectivity index (χ0n) is 14.6. The number of nitrogen functional groups attached to an aromatic ring is 1. The van der Waals surface area contributed by atoms with E-state index in [0.717, 1.165) is 27.9 Å². The minimum absolute atomic E-state index is 0.157. The Morgan fingerprint density at radius 2 is 1.56 bits per heavy atom. The summed E-state index contributed by atoms with van der Waals surface area (Å²) in [6.07, 6.45) is 7.99. The molecular weight excluding hydrogens is 341 g/mol. The third kappa shape index (κ3) is 3.37. The molecule has 132 valence electrons. The van der Waals surface area contributed by atoms with E-state index >= 15 is 0 Å². The van der Waals surface area contributed by atoms with Gasteiger partial charge in [-0.15, -0.1) is 0 Å². The van der Waals surface area contributed by atoms with E-state index in [1.54, 1.807) is 24.7 Å². The van der Waals surface area contributed by atoms with E-state index in [4.69, 9.17) is 5.73 Å². The number of aromatic nitrogens is 4. The summed E-state index contributed by atoms with van der Waals surface area (Å²) in [5.41, 5.74) is 10.9. The van der Waals surface area contributed by atoms with Crippen LogP contribution in [0.3, 0.4) is 0 Å². The predicted molar refractivity (Wildman–Crippen MR) is 103 cm³/mol. The van der Waals surface area contributed by atoms with Crippen LogP contribution in [-0.4, -0.2) is 19.9 Å². The molecule has 0 amide bonds. The first kappa shape index (κ1) is 16.8. The second-order valence-corrected chi connectivity index (χ2v) is 6.16. The van der Waals surface area contributed by atoms with Gasteiger partial charge >= 0.3 is 0 Å². The molecule has 0 bridgehead atoms. The monoisotopic (exact) mass is 357 g/mol. The van der Waals surface area contributed by atoms with Crippen LogP contribution >= 0.6 is 0 Å². The summed E-state index contributed by atoms with van der Waals surface area (Å²) in [6, 6.07) is 11.1. The van der Waals surface area contributed by atoms with Crippen LogP contribution in [0.5, 0.6) is 0 Å². The lowest BCUT2D eigenvalue weighted by atomic mass is 9.94.